The molecule has 1 N–H and O–H groups in total. The van der Waals surface area contributed by atoms with Crippen LogP contribution in [-0.4, -0.2) is 28.7 Å². The molecule has 0 unspecified atom stereocenters. The maximum atomic E-state index is 12.3. The van der Waals surface area contributed by atoms with Crippen molar-refractivity contribution in [2.45, 2.75) is 18.4 Å². The quantitative estimate of drug-likeness (QED) is 0.830. The van der Waals surface area contributed by atoms with Crippen LogP contribution in [0.15, 0.2) is 41.7 Å². The standard InChI is InChI=1S/C15H17N3O2S/c1-3-9-21-15-12(5-4-8-16-15)14(19)18-11-6-7-13(20-2)17-10-11/h4-8,10H,3,9H2,1-2H3,(H,18,19). The molecule has 2 rings (SSSR count). The van der Waals surface area contributed by atoms with Gasteiger partial charge >= 0.3 is 0 Å². The number of carbonyl (C=O) groups is 1. The number of methoxy groups -OCH3 is 1. The van der Waals surface area contributed by atoms with Gasteiger partial charge in [0.15, 0.2) is 0 Å². The first-order chi connectivity index (χ1) is 10.2. The molecule has 1 amide bonds. The van der Waals surface area contributed by atoms with Gasteiger partial charge in [-0.05, 0) is 30.4 Å². The molecule has 5 nitrogen and oxygen atoms in total. The Kier molecular flexibility index (Phi) is 5.57. The molecule has 6 heteroatoms. The summed E-state index contributed by atoms with van der Waals surface area (Å²) in [6.45, 7) is 2.10. The Morgan fingerprint density at radius 3 is 2.86 bits per heavy atom. The largest absolute Gasteiger partial charge is 0.481 e. The van der Waals surface area contributed by atoms with Gasteiger partial charge < -0.3 is 10.1 Å². The molecule has 0 aliphatic rings. The van der Waals surface area contributed by atoms with Crippen LogP contribution in [0, 0.1) is 0 Å². The maximum absolute atomic E-state index is 12.3. The minimum Gasteiger partial charge on any atom is -0.481 e. The molecule has 0 aliphatic carbocycles. The van der Waals surface area contributed by atoms with E-state index < -0.39 is 0 Å². The molecule has 0 saturated heterocycles. The van der Waals surface area contributed by atoms with Crippen molar-refractivity contribution in [3.05, 3.63) is 42.2 Å². The van der Waals surface area contributed by atoms with E-state index in [1.807, 2.05) is 0 Å². The lowest BCUT2D eigenvalue weighted by atomic mass is 10.2. The van der Waals surface area contributed by atoms with Gasteiger partial charge in [0.05, 0.1) is 24.6 Å². The number of hydrogen-bond donors (Lipinski definition) is 1. The van der Waals surface area contributed by atoms with Crippen LogP contribution in [-0.2, 0) is 0 Å². The van der Waals surface area contributed by atoms with Crippen molar-refractivity contribution < 1.29 is 9.53 Å². The Morgan fingerprint density at radius 2 is 2.19 bits per heavy atom. The van der Waals surface area contributed by atoms with Crippen LogP contribution in [0.5, 0.6) is 5.88 Å². The van der Waals surface area contributed by atoms with Crippen LogP contribution in [0.1, 0.15) is 23.7 Å². The van der Waals surface area contributed by atoms with E-state index in [2.05, 4.69) is 22.2 Å². The number of amides is 1. The van der Waals surface area contributed by atoms with Crippen LogP contribution in [0.4, 0.5) is 5.69 Å². The van der Waals surface area contributed by atoms with Crippen LogP contribution in [0.25, 0.3) is 0 Å². The topological polar surface area (TPSA) is 64.1 Å². The molecule has 0 atom stereocenters. The maximum Gasteiger partial charge on any atom is 0.258 e. The van der Waals surface area contributed by atoms with E-state index in [9.17, 15) is 4.79 Å². The zero-order valence-corrected chi connectivity index (χ0v) is 12.8. The van der Waals surface area contributed by atoms with Gasteiger partial charge in [0.25, 0.3) is 5.91 Å². The average molecular weight is 303 g/mol. The van der Waals surface area contributed by atoms with Crippen molar-refractivity contribution in [3.63, 3.8) is 0 Å². The zero-order valence-electron chi connectivity index (χ0n) is 12.0. The summed E-state index contributed by atoms with van der Waals surface area (Å²) in [5.74, 6) is 1.25. The van der Waals surface area contributed by atoms with E-state index >= 15 is 0 Å². The van der Waals surface area contributed by atoms with E-state index in [1.54, 1.807) is 55.5 Å². The summed E-state index contributed by atoms with van der Waals surface area (Å²) in [6.07, 6.45) is 4.29. The van der Waals surface area contributed by atoms with Crippen molar-refractivity contribution in [1.82, 2.24) is 9.97 Å². The van der Waals surface area contributed by atoms with Crippen molar-refractivity contribution in [2.24, 2.45) is 0 Å². The van der Waals surface area contributed by atoms with Crippen molar-refractivity contribution in [2.75, 3.05) is 18.2 Å². The van der Waals surface area contributed by atoms with E-state index in [-0.39, 0.29) is 5.91 Å². The highest BCUT2D eigenvalue weighted by molar-refractivity contribution is 7.99. The summed E-state index contributed by atoms with van der Waals surface area (Å²) in [6, 6.07) is 6.99. The van der Waals surface area contributed by atoms with Crippen LogP contribution in [0.2, 0.25) is 0 Å². The molecule has 0 aliphatic heterocycles. The summed E-state index contributed by atoms with van der Waals surface area (Å²) in [4.78, 5) is 20.7. The number of pyridine rings is 2. The Labute approximate surface area is 128 Å². The second-order valence-corrected chi connectivity index (χ2v) is 5.33. The molecule has 0 fully saturated rings. The lowest BCUT2D eigenvalue weighted by Gasteiger charge is -2.08. The Bertz CT molecular complexity index is 602. The number of ether oxygens (including phenoxy) is 1. The SMILES string of the molecule is CCCSc1ncccc1C(=O)Nc1ccc(OC)nc1. The van der Waals surface area contributed by atoms with Gasteiger partial charge in [0.1, 0.15) is 5.03 Å². The monoisotopic (exact) mass is 303 g/mol. The van der Waals surface area contributed by atoms with Gasteiger partial charge in [-0.25, -0.2) is 9.97 Å². The van der Waals surface area contributed by atoms with E-state index in [0.29, 0.717) is 17.1 Å². The smallest absolute Gasteiger partial charge is 0.258 e. The fourth-order valence-electron chi connectivity index (χ4n) is 1.65. The summed E-state index contributed by atoms with van der Waals surface area (Å²) in [5, 5.41) is 3.56. The molecule has 2 aromatic rings. The predicted octanol–water partition coefficient (Wildman–Crippen LogP) is 3.24. The Balaban J connectivity index is 2.12. The van der Waals surface area contributed by atoms with Crippen LogP contribution >= 0.6 is 11.8 Å². The first kappa shape index (κ1) is 15.3. The third-order valence-electron chi connectivity index (χ3n) is 2.66. The number of nitrogens with zero attached hydrogens (tertiary/aromatic N) is 2. The molecule has 110 valence electrons. The Hall–Kier alpha value is -2.08. The van der Waals surface area contributed by atoms with Crippen molar-refractivity contribution in [1.29, 1.82) is 0 Å². The number of thioether (sulfide) groups is 1. The van der Waals surface area contributed by atoms with Crippen molar-refractivity contribution in [3.8, 4) is 5.88 Å². The first-order valence-corrected chi connectivity index (χ1v) is 7.62. The molecular formula is C15H17N3O2S. The molecular weight excluding hydrogens is 286 g/mol. The second-order valence-electron chi connectivity index (χ2n) is 4.25. The predicted molar refractivity (Wildman–Crippen MR) is 84.0 cm³/mol. The highest BCUT2D eigenvalue weighted by atomic mass is 32.2. The number of nitrogens with one attached hydrogen (secondary N) is 1. The minimum atomic E-state index is -0.186. The number of carbonyl (C=O) groups excluding carboxylic acids is 1. The second kappa shape index (κ2) is 7.64. The zero-order chi connectivity index (χ0) is 15.1. The molecule has 21 heavy (non-hydrogen) atoms. The molecule has 2 aromatic heterocycles. The fraction of sp³-hybridized carbons (Fsp3) is 0.267. The molecule has 0 saturated carbocycles. The molecule has 0 aromatic carbocycles. The van der Waals surface area contributed by atoms with Gasteiger partial charge in [0.2, 0.25) is 5.88 Å². The third kappa shape index (κ3) is 4.19. The number of rotatable bonds is 6. The molecule has 2 heterocycles. The highest BCUT2D eigenvalue weighted by Crippen LogP contribution is 2.22. The number of aromatic nitrogens is 2. The van der Waals surface area contributed by atoms with E-state index in [4.69, 9.17) is 4.74 Å². The van der Waals surface area contributed by atoms with E-state index in [1.165, 1.54) is 0 Å². The fourth-order valence-corrected chi connectivity index (χ4v) is 2.50. The van der Waals surface area contributed by atoms with Gasteiger partial charge in [-0.3, -0.25) is 4.79 Å². The number of hydrogen-bond acceptors (Lipinski definition) is 5. The van der Waals surface area contributed by atoms with Gasteiger partial charge in [-0.1, -0.05) is 6.92 Å². The highest BCUT2D eigenvalue weighted by Gasteiger charge is 2.12. The summed E-state index contributed by atoms with van der Waals surface area (Å²) >= 11 is 1.58. The summed E-state index contributed by atoms with van der Waals surface area (Å²) in [5.41, 5.74) is 1.20. The number of anilines is 1. The average Bonchev–Trinajstić information content (AvgIpc) is 2.54. The minimum absolute atomic E-state index is 0.186. The lowest BCUT2D eigenvalue weighted by Crippen LogP contribution is -2.13. The molecule has 0 radical (unpaired) electrons. The van der Waals surface area contributed by atoms with E-state index in [0.717, 1.165) is 17.2 Å². The third-order valence-corrected chi connectivity index (χ3v) is 3.87. The normalized spacial score (nSPS) is 10.2. The molecule has 0 spiro atoms. The van der Waals surface area contributed by atoms with Gasteiger partial charge in [0, 0.05) is 12.3 Å². The van der Waals surface area contributed by atoms with Crippen LogP contribution in [0.3, 0.4) is 0 Å². The summed E-state index contributed by atoms with van der Waals surface area (Å²) in [7, 11) is 1.55. The van der Waals surface area contributed by atoms with Gasteiger partial charge in [-0.2, -0.15) is 0 Å². The van der Waals surface area contributed by atoms with Crippen LogP contribution < -0.4 is 10.1 Å². The molecule has 0 bridgehead atoms. The lowest BCUT2D eigenvalue weighted by molar-refractivity contribution is 0.102. The first-order valence-electron chi connectivity index (χ1n) is 6.63. The van der Waals surface area contributed by atoms with Crippen molar-refractivity contribution >= 4 is 23.4 Å². The van der Waals surface area contributed by atoms with Gasteiger partial charge in [-0.15, -0.1) is 11.8 Å². The summed E-state index contributed by atoms with van der Waals surface area (Å²) < 4.78 is 4.99. The Morgan fingerprint density at radius 1 is 1.33 bits per heavy atom.